The van der Waals surface area contributed by atoms with Crippen LogP contribution in [-0.4, -0.2) is 40.6 Å². The summed E-state index contributed by atoms with van der Waals surface area (Å²) in [6, 6.07) is 3.60. The predicted molar refractivity (Wildman–Crippen MR) is 73.2 cm³/mol. The van der Waals surface area contributed by atoms with Gasteiger partial charge in [0, 0.05) is 18.5 Å². The van der Waals surface area contributed by atoms with Crippen molar-refractivity contribution in [3.05, 3.63) is 29.0 Å². The maximum atomic E-state index is 12.2. The van der Waals surface area contributed by atoms with Gasteiger partial charge in [0.1, 0.15) is 5.69 Å². The SMILES string of the molecule is Cc1sc(-c2ccco2)nc1C(=O)N(C)C[C@@H](C)O. The average molecular weight is 280 g/mol. The average Bonchev–Trinajstić information content (AvgIpc) is 2.95. The van der Waals surface area contributed by atoms with E-state index < -0.39 is 6.10 Å². The molecule has 0 fully saturated rings. The standard InChI is InChI=1S/C13H16N2O3S/c1-8(16)7-15(3)13(17)11-9(2)19-12(14-11)10-5-4-6-18-10/h4-6,8,16H,7H2,1-3H3/t8-/m1/s1. The molecule has 0 aliphatic rings. The molecule has 0 spiro atoms. The van der Waals surface area contributed by atoms with E-state index >= 15 is 0 Å². The molecule has 0 aliphatic carbocycles. The number of aryl methyl sites for hydroxylation is 1. The second kappa shape index (κ2) is 5.54. The first-order valence-corrected chi connectivity index (χ1v) is 6.75. The molecular formula is C13H16N2O3S. The minimum atomic E-state index is -0.558. The summed E-state index contributed by atoms with van der Waals surface area (Å²) in [6.45, 7) is 3.78. The summed E-state index contributed by atoms with van der Waals surface area (Å²) in [5.41, 5.74) is 0.416. The lowest BCUT2D eigenvalue weighted by molar-refractivity contribution is 0.0698. The van der Waals surface area contributed by atoms with Crippen LogP contribution >= 0.6 is 11.3 Å². The number of hydrogen-bond donors (Lipinski definition) is 1. The molecule has 5 nitrogen and oxygen atoms in total. The number of aromatic nitrogens is 1. The van der Waals surface area contributed by atoms with E-state index in [0.29, 0.717) is 16.5 Å². The third-order valence-electron chi connectivity index (χ3n) is 2.62. The van der Waals surface area contributed by atoms with Crippen molar-refractivity contribution in [3.8, 4) is 10.8 Å². The van der Waals surface area contributed by atoms with Gasteiger partial charge in [0.05, 0.1) is 12.4 Å². The highest BCUT2D eigenvalue weighted by atomic mass is 32.1. The lowest BCUT2D eigenvalue weighted by Gasteiger charge is -2.17. The highest BCUT2D eigenvalue weighted by Crippen LogP contribution is 2.28. The highest BCUT2D eigenvalue weighted by molar-refractivity contribution is 7.15. The minimum absolute atomic E-state index is 0.188. The Bertz CT molecular complexity index is 560. The number of carbonyl (C=O) groups is 1. The van der Waals surface area contributed by atoms with E-state index in [4.69, 9.17) is 4.42 Å². The molecule has 19 heavy (non-hydrogen) atoms. The molecule has 2 rings (SSSR count). The number of amides is 1. The molecule has 1 atom stereocenters. The van der Waals surface area contributed by atoms with E-state index in [1.807, 2.05) is 13.0 Å². The van der Waals surface area contributed by atoms with E-state index in [9.17, 15) is 9.90 Å². The lowest BCUT2D eigenvalue weighted by Crippen LogP contribution is -2.33. The Morgan fingerprint density at radius 2 is 2.37 bits per heavy atom. The first-order chi connectivity index (χ1) is 8.99. The normalized spacial score (nSPS) is 12.4. The Kier molecular flexibility index (Phi) is 4.01. The maximum Gasteiger partial charge on any atom is 0.273 e. The van der Waals surface area contributed by atoms with E-state index in [0.717, 1.165) is 4.88 Å². The molecule has 102 valence electrons. The number of hydrogen-bond acceptors (Lipinski definition) is 5. The van der Waals surface area contributed by atoms with E-state index in [1.54, 1.807) is 26.3 Å². The van der Waals surface area contributed by atoms with E-state index in [1.165, 1.54) is 16.2 Å². The van der Waals surface area contributed by atoms with Crippen molar-refractivity contribution in [3.63, 3.8) is 0 Å². The summed E-state index contributed by atoms with van der Waals surface area (Å²) in [4.78, 5) is 18.9. The Hall–Kier alpha value is -1.66. The first kappa shape index (κ1) is 13.8. The van der Waals surface area contributed by atoms with Crippen molar-refractivity contribution in [1.29, 1.82) is 0 Å². The van der Waals surface area contributed by atoms with Gasteiger partial charge in [-0.15, -0.1) is 11.3 Å². The Labute approximate surface area is 115 Å². The van der Waals surface area contributed by atoms with Crippen molar-refractivity contribution in [2.75, 3.05) is 13.6 Å². The largest absolute Gasteiger partial charge is 0.462 e. The summed E-state index contributed by atoms with van der Waals surface area (Å²) >= 11 is 1.42. The van der Waals surface area contributed by atoms with Gasteiger partial charge in [-0.25, -0.2) is 4.98 Å². The zero-order valence-electron chi connectivity index (χ0n) is 11.1. The van der Waals surface area contributed by atoms with Gasteiger partial charge in [0.2, 0.25) is 0 Å². The molecule has 2 aromatic heterocycles. The molecule has 0 aliphatic heterocycles. The van der Waals surface area contributed by atoms with Gasteiger partial charge in [0.15, 0.2) is 10.8 Å². The number of nitrogens with zero attached hydrogens (tertiary/aromatic N) is 2. The fourth-order valence-corrected chi connectivity index (χ4v) is 2.63. The van der Waals surface area contributed by atoms with Crippen LogP contribution in [0.2, 0.25) is 0 Å². The number of rotatable bonds is 4. The molecule has 2 aromatic rings. The molecule has 2 heterocycles. The lowest BCUT2D eigenvalue weighted by atomic mass is 10.3. The number of aliphatic hydroxyl groups is 1. The summed E-state index contributed by atoms with van der Waals surface area (Å²) in [5, 5.41) is 10.0. The Balaban J connectivity index is 2.23. The third-order valence-corrected chi connectivity index (χ3v) is 3.60. The quantitative estimate of drug-likeness (QED) is 0.932. The minimum Gasteiger partial charge on any atom is -0.462 e. The highest BCUT2D eigenvalue weighted by Gasteiger charge is 2.21. The Morgan fingerprint density at radius 1 is 1.63 bits per heavy atom. The van der Waals surface area contributed by atoms with E-state index in [-0.39, 0.29) is 12.5 Å². The maximum absolute atomic E-state index is 12.2. The number of furan rings is 1. The summed E-state index contributed by atoms with van der Waals surface area (Å²) in [5.74, 6) is 0.470. The van der Waals surface area contributed by atoms with Gasteiger partial charge in [0.25, 0.3) is 5.91 Å². The zero-order valence-corrected chi connectivity index (χ0v) is 11.9. The monoisotopic (exact) mass is 280 g/mol. The van der Waals surface area contributed by atoms with Crippen molar-refractivity contribution in [1.82, 2.24) is 9.88 Å². The van der Waals surface area contributed by atoms with Crippen LogP contribution in [0, 0.1) is 6.92 Å². The van der Waals surface area contributed by atoms with Crippen molar-refractivity contribution >= 4 is 17.2 Å². The number of aliphatic hydroxyl groups excluding tert-OH is 1. The fraction of sp³-hybridized carbons (Fsp3) is 0.385. The summed E-state index contributed by atoms with van der Waals surface area (Å²) in [7, 11) is 1.65. The fourth-order valence-electron chi connectivity index (χ4n) is 1.76. The van der Waals surface area contributed by atoms with Crippen LogP contribution in [0.15, 0.2) is 22.8 Å². The number of thiazole rings is 1. The van der Waals surface area contributed by atoms with Crippen LogP contribution in [0.1, 0.15) is 22.3 Å². The van der Waals surface area contributed by atoms with Crippen LogP contribution in [0.25, 0.3) is 10.8 Å². The van der Waals surface area contributed by atoms with Crippen LogP contribution in [0.5, 0.6) is 0 Å². The molecule has 0 aromatic carbocycles. The van der Waals surface area contributed by atoms with Gasteiger partial charge in [-0.05, 0) is 26.0 Å². The van der Waals surface area contributed by atoms with E-state index in [2.05, 4.69) is 4.98 Å². The van der Waals surface area contributed by atoms with Crippen molar-refractivity contribution in [2.24, 2.45) is 0 Å². The summed E-state index contributed by atoms with van der Waals surface area (Å²) < 4.78 is 5.28. The van der Waals surface area contributed by atoms with Crippen LogP contribution in [-0.2, 0) is 0 Å². The van der Waals surface area contributed by atoms with Crippen LogP contribution in [0.4, 0.5) is 0 Å². The van der Waals surface area contributed by atoms with Gasteiger partial charge in [-0.1, -0.05) is 0 Å². The van der Waals surface area contributed by atoms with Gasteiger partial charge in [-0.3, -0.25) is 4.79 Å². The molecular weight excluding hydrogens is 264 g/mol. The van der Waals surface area contributed by atoms with Crippen LogP contribution < -0.4 is 0 Å². The second-order valence-electron chi connectivity index (χ2n) is 4.44. The molecule has 1 amide bonds. The molecule has 1 N–H and O–H groups in total. The number of carbonyl (C=O) groups excluding carboxylic acids is 1. The van der Waals surface area contributed by atoms with Crippen molar-refractivity contribution in [2.45, 2.75) is 20.0 Å². The van der Waals surface area contributed by atoms with Gasteiger partial charge >= 0.3 is 0 Å². The molecule has 0 unspecified atom stereocenters. The predicted octanol–water partition coefficient (Wildman–Crippen LogP) is 2.16. The smallest absolute Gasteiger partial charge is 0.273 e. The second-order valence-corrected chi connectivity index (χ2v) is 5.64. The van der Waals surface area contributed by atoms with Crippen molar-refractivity contribution < 1.29 is 14.3 Å². The molecule has 6 heteroatoms. The molecule has 0 radical (unpaired) electrons. The zero-order chi connectivity index (χ0) is 14.0. The third kappa shape index (κ3) is 3.02. The van der Waals surface area contributed by atoms with Crippen LogP contribution in [0.3, 0.4) is 0 Å². The topological polar surface area (TPSA) is 66.6 Å². The molecule has 0 bridgehead atoms. The molecule has 0 saturated carbocycles. The van der Waals surface area contributed by atoms with Gasteiger partial charge < -0.3 is 14.4 Å². The summed E-state index contributed by atoms with van der Waals surface area (Å²) in [6.07, 6.45) is 1.02. The number of likely N-dealkylation sites (N-methyl/N-ethyl adjacent to an activating group) is 1. The van der Waals surface area contributed by atoms with Gasteiger partial charge in [-0.2, -0.15) is 0 Å². The first-order valence-electron chi connectivity index (χ1n) is 5.94. The Morgan fingerprint density at radius 3 is 2.95 bits per heavy atom. The molecule has 0 saturated heterocycles.